The largest absolute Gasteiger partial charge is 0.367 e. The highest BCUT2D eigenvalue weighted by Crippen LogP contribution is 2.25. The quantitative estimate of drug-likeness (QED) is 0.896. The van der Waals surface area contributed by atoms with Gasteiger partial charge in [-0.25, -0.2) is 0 Å². The number of rotatable bonds is 4. The zero-order chi connectivity index (χ0) is 13.8. The summed E-state index contributed by atoms with van der Waals surface area (Å²) in [5.74, 6) is 0.439. The summed E-state index contributed by atoms with van der Waals surface area (Å²) in [5.41, 5.74) is 6.81. The van der Waals surface area contributed by atoms with E-state index in [0.717, 1.165) is 25.1 Å². The fourth-order valence-corrected chi connectivity index (χ4v) is 2.59. The number of methoxy groups -OCH3 is 1. The monoisotopic (exact) mass is 262 g/mol. The van der Waals surface area contributed by atoms with Crippen LogP contribution in [-0.2, 0) is 9.53 Å². The number of carbonyl (C=O) groups is 1. The third-order valence-electron chi connectivity index (χ3n) is 3.84. The van der Waals surface area contributed by atoms with E-state index in [-0.39, 0.29) is 11.9 Å². The lowest BCUT2D eigenvalue weighted by atomic mass is 10.0. The first kappa shape index (κ1) is 14.0. The van der Waals surface area contributed by atoms with Crippen molar-refractivity contribution in [2.45, 2.75) is 25.5 Å². The van der Waals surface area contributed by atoms with E-state index in [1.165, 1.54) is 0 Å². The van der Waals surface area contributed by atoms with Gasteiger partial charge in [-0.2, -0.15) is 0 Å². The molecule has 1 amide bonds. The fourth-order valence-electron chi connectivity index (χ4n) is 2.59. The van der Waals surface area contributed by atoms with Crippen molar-refractivity contribution in [2.24, 2.45) is 11.7 Å². The van der Waals surface area contributed by atoms with Crippen molar-refractivity contribution in [2.75, 3.05) is 20.2 Å². The first-order chi connectivity index (χ1) is 9.13. The molecule has 3 unspecified atom stereocenters. The summed E-state index contributed by atoms with van der Waals surface area (Å²) in [6.07, 6.45) is 0.474. The van der Waals surface area contributed by atoms with Crippen molar-refractivity contribution in [3.63, 3.8) is 0 Å². The molecule has 0 saturated carbocycles. The van der Waals surface area contributed by atoms with E-state index in [2.05, 4.69) is 0 Å². The first-order valence-electron chi connectivity index (χ1n) is 6.75. The van der Waals surface area contributed by atoms with Gasteiger partial charge in [-0.15, -0.1) is 0 Å². The number of benzene rings is 1. The van der Waals surface area contributed by atoms with E-state index in [4.69, 9.17) is 10.5 Å². The molecule has 4 nitrogen and oxygen atoms in total. The summed E-state index contributed by atoms with van der Waals surface area (Å²) in [5, 5.41) is 0. The molecule has 1 saturated heterocycles. The van der Waals surface area contributed by atoms with Gasteiger partial charge in [0.15, 0.2) is 6.10 Å². The van der Waals surface area contributed by atoms with Gasteiger partial charge in [0.2, 0.25) is 0 Å². The van der Waals surface area contributed by atoms with Crippen LogP contribution < -0.4 is 5.73 Å². The molecule has 0 aliphatic carbocycles. The maximum Gasteiger partial charge on any atom is 0.256 e. The molecule has 0 spiro atoms. The zero-order valence-electron chi connectivity index (χ0n) is 11.6. The van der Waals surface area contributed by atoms with Crippen LogP contribution in [0.15, 0.2) is 30.3 Å². The van der Waals surface area contributed by atoms with Crippen LogP contribution in [0.4, 0.5) is 0 Å². The summed E-state index contributed by atoms with van der Waals surface area (Å²) < 4.78 is 5.38. The molecule has 2 N–H and O–H groups in total. The van der Waals surface area contributed by atoms with Crippen LogP contribution in [0, 0.1) is 5.92 Å². The molecular weight excluding hydrogens is 240 g/mol. The highest BCUT2D eigenvalue weighted by atomic mass is 16.5. The van der Waals surface area contributed by atoms with Gasteiger partial charge < -0.3 is 15.4 Å². The highest BCUT2D eigenvalue weighted by Gasteiger charge is 2.32. The van der Waals surface area contributed by atoms with Gasteiger partial charge in [0.1, 0.15) is 0 Å². The van der Waals surface area contributed by atoms with Crippen LogP contribution in [0.3, 0.4) is 0 Å². The zero-order valence-corrected chi connectivity index (χ0v) is 11.6. The van der Waals surface area contributed by atoms with Gasteiger partial charge in [0, 0.05) is 26.2 Å². The third-order valence-corrected chi connectivity index (χ3v) is 3.84. The van der Waals surface area contributed by atoms with Crippen LogP contribution in [0.5, 0.6) is 0 Å². The summed E-state index contributed by atoms with van der Waals surface area (Å²) in [7, 11) is 1.58. The molecule has 1 aromatic carbocycles. The van der Waals surface area contributed by atoms with Crippen molar-refractivity contribution in [3.05, 3.63) is 35.9 Å². The minimum atomic E-state index is -0.506. The summed E-state index contributed by atoms with van der Waals surface area (Å²) >= 11 is 0. The number of nitrogens with two attached hydrogens (primary N) is 1. The minimum absolute atomic E-state index is 0.0388. The van der Waals surface area contributed by atoms with E-state index in [1.807, 2.05) is 42.2 Å². The number of ether oxygens (including phenoxy) is 1. The number of hydrogen-bond donors (Lipinski definition) is 1. The molecule has 0 radical (unpaired) electrons. The van der Waals surface area contributed by atoms with Gasteiger partial charge >= 0.3 is 0 Å². The lowest BCUT2D eigenvalue weighted by Gasteiger charge is -2.23. The SMILES string of the molecule is COC(C(=O)N1CCC(C(C)N)C1)c1ccccc1. The second kappa shape index (κ2) is 6.17. The second-order valence-corrected chi connectivity index (χ2v) is 5.22. The van der Waals surface area contributed by atoms with Crippen molar-refractivity contribution in [3.8, 4) is 0 Å². The molecule has 19 heavy (non-hydrogen) atoms. The van der Waals surface area contributed by atoms with E-state index in [9.17, 15) is 4.79 Å². The molecule has 1 fully saturated rings. The number of hydrogen-bond acceptors (Lipinski definition) is 3. The van der Waals surface area contributed by atoms with Crippen molar-refractivity contribution in [1.29, 1.82) is 0 Å². The van der Waals surface area contributed by atoms with Crippen LogP contribution in [-0.4, -0.2) is 37.0 Å². The predicted octanol–water partition coefficient (Wildman–Crippen LogP) is 1.57. The van der Waals surface area contributed by atoms with Gasteiger partial charge in [0.05, 0.1) is 0 Å². The number of likely N-dealkylation sites (tertiary alicyclic amines) is 1. The molecule has 104 valence electrons. The molecular formula is C15H22N2O2. The van der Waals surface area contributed by atoms with E-state index in [0.29, 0.717) is 5.92 Å². The number of nitrogens with zero attached hydrogens (tertiary/aromatic N) is 1. The molecule has 4 heteroatoms. The molecule has 1 heterocycles. The van der Waals surface area contributed by atoms with E-state index >= 15 is 0 Å². The lowest BCUT2D eigenvalue weighted by Crippen LogP contribution is -2.36. The Morgan fingerprint density at radius 2 is 2.11 bits per heavy atom. The van der Waals surface area contributed by atoms with Gasteiger partial charge in [-0.05, 0) is 24.8 Å². The summed E-state index contributed by atoms with van der Waals surface area (Å²) in [4.78, 5) is 14.4. The van der Waals surface area contributed by atoms with Crippen LogP contribution in [0.25, 0.3) is 0 Å². The Balaban J connectivity index is 2.06. The average molecular weight is 262 g/mol. The van der Waals surface area contributed by atoms with E-state index in [1.54, 1.807) is 7.11 Å². The molecule has 0 bridgehead atoms. The van der Waals surface area contributed by atoms with Crippen LogP contribution in [0.1, 0.15) is 25.0 Å². The Hall–Kier alpha value is -1.39. The van der Waals surface area contributed by atoms with Crippen LogP contribution >= 0.6 is 0 Å². The van der Waals surface area contributed by atoms with Gasteiger partial charge in [0.25, 0.3) is 5.91 Å². The summed E-state index contributed by atoms with van der Waals surface area (Å²) in [6.45, 7) is 3.52. The Morgan fingerprint density at radius 3 is 2.63 bits per heavy atom. The maximum absolute atomic E-state index is 12.5. The Labute approximate surface area is 114 Å². The molecule has 3 atom stereocenters. The van der Waals surface area contributed by atoms with Crippen LogP contribution in [0.2, 0.25) is 0 Å². The van der Waals surface area contributed by atoms with Gasteiger partial charge in [-0.1, -0.05) is 30.3 Å². The first-order valence-corrected chi connectivity index (χ1v) is 6.75. The molecule has 1 aliphatic heterocycles. The lowest BCUT2D eigenvalue weighted by molar-refractivity contribution is -0.141. The predicted molar refractivity (Wildman–Crippen MR) is 74.5 cm³/mol. The molecule has 0 aromatic heterocycles. The maximum atomic E-state index is 12.5. The Kier molecular flexibility index (Phi) is 4.56. The third kappa shape index (κ3) is 3.14. The fraction of sp³-hybridized carbons (Fsp3) is 0.533. The van der Waals surface area contributed by atoms with Crippen molar-refractivity contribution >= 4 is 5.91 Å². The van der Waals surface area contributed by atoms with Gasteiger partial charge in [-0.3, -0.25) is 4.79 Å². The smallest absolute Gasteiger partial charge is 0.256 e. The number of carbonyl (C=O) groups excluding carboxylic acids is 1. The standard InChI is InChI=1S/C15H22N2O2/c1-11(16)13-8-9-17(10-13)15(18)14(19-2)12-6-4-3-5-7-12/h3-7,11,13-14H,8-10,16H2,1-2H3. The summed E-state index contributed by atoms with van der Waals surface area (Å²) in [6, 6.07) is 9.75. The Bertz CT molecular complexity index is 419. The van der Waals surface area contributed by atoms with Crippen molar-refractivity contribution < 1.29 is 9.53 Å². The topological polar surface area (TPSA) is 55.6 Å². The highest BCUT2D eigenvalue weighted by molar-refractivity contribution is 5.82. The normalized spacial score (nSPS) is 22.3. The number of amides is 1. The minimum Gasteiger partial charge on any atom is -0.367 e. The van der Waals surface area contributed by atoms with Crippen molar-refractivity contribution in [1.82, 2.24) is 4.90 Å². The molecule has 1 aromatic rings. The Morgan fingerprint density at radius 1 is 1.42 bits per heavy atom. The second-order valence-electron chi connectivity index (χ2n) is 5.22. The molecule has 1 aliphatic rings. The molecule has 2 rings (SSSR count). The van der Waals surface area contributed by atoms with E-state index < -0.39 is 6.10 Å². The average Bonchev–Trinajstić information content (AvgIpc) is 2.90.